The van der Waals surface area contributed by atoms with Crippen molar-refractivity contribution in [3.8, 4) is 0 Å². The van der Waals surface area contributed by atoms with Gasteiger partial charge in [-0.15, -0.1) is 0 Å². The Morgan fingerprint density at radius 3 is 2.52 bits per heavy atom. The number of nitrogens with zero attached hydrogens (tertiary/aromatic N) is 4. The maximum atomic E-state index is 12.1. The molecule has 25 heavy (non-hydrogen) atoms. The number of anilines is 2. The fourth-order valence-electron chi connectivity index (χ4n) is 1.94. The van der Waals surface area contributed by atoms with Crippen LogP contribution in [0.1, 0.15) is 21.7 Å². The van der Waals surface area contributed by atoms with Gasteiger partial charge in [0.1, 0.15) is 0 Å². The van der Waals surface area contributed by atoms with E-state index in [1.807, 2.05) is 0 Å². The van der Waals surface area contributed by atoms with Gasteiger partial charge in [-0.2, -0.15) is 15.0 Å². The van der Waals surface area contributed by atoms with E-state index in [-0.39, 0.29) is 28.8 Å². The molecule has 0 bridgehead atoms. The van der Waals surface area contributed by atoms with Crippen molar-refractivity contribution in [1.82, 2.24) is 15.0 Å². The molecule has 4 N–H and O–H groups in total. The van der Waals surface area contributed by atoms with Crippen molar-refractivity contribution in [2.75, 3.05) is 24.7 Å². The lowest BCUT2D eigenvalue weighted by Crippen LogP contribution is -2.17. The number of hydrogen-bond acceptors (Lipinski definition) is 9. The maximum Gasteiger partial charge on any atom is 0.338 e. The summed E-state index contributed by atoms with van der Waals surface area (Å²) >= 11 is 0. The number of aryl methyl sites for hydroxylation is 1. The predicted molar refractivity (Wildman–Crippen MR) is 90.2 cm³/mol. The molecule has 2 aromatic rings. The van der Waals surface area contributed by atoms with Crippen LogP contribution in [0.25, 0.3) is 0 Å². The largest absolute Gasteiger partial charge is 0.454 e. The molecule has 0 amide bonds. The number of carbonyl (C=O) groups excluding carboxylic acids is 1. The highest BCUT2D eigenvalue weighted by molar-refractivity contribution is 7.89. The first-order chi connectivity index (χ1) is 11.6. The first-order valence-corrected chi connectivity index (χ1v) is 8.61. The third-order valence-electron chi connectivity index (χ3n) is 3.15. The van der Waals surface area contributed by atoms with Crippen LogP contribution in [0.4, 0.5) is 11.9 Å². The van der Waals surface area contributed by atoms with Gasteiger partial charge in [0.2, 0.25) is 21.9 Å². The number of aromatic nitrogens is 3. The van der Waals surface area contributed by atoms with Crippen molar-refractivity contribution in [1.29, 1.82) is 0 Å². The zero-order valence-electron chi connectivity index (χ0n) is 13.9. The fourth-order valence-corrected chi connectivity index (χ4v) is 2.74. The highest BCUT2D eigenvalue weighted by Crippen LogP contribution is 2.17. The number of nitrogen functional groups attached to an aromatic ring is 1. The number of sulfonamides is 1. The number of rotatable bonds is 5. The Balaban J connectivity index is 2.19. The first-order valence-electron chi connectivity index (χ1n) is 7.06. The van der Waals surface area contributed by atoms with Crippen molar-refractivity contribution in [3.05, 3.63) is 35.2 Å². The van der Waals surface area contributed by atoms with Gasteiger partial charge in [-0.25, -0.2) is 18.4 Å². The van der Waals surface area contributed by atoms with Crippen LogP contribution in [0.15, 0.2) is 23.1 Å². The number of esters is 1. The third kappa shape index (κ3) is 4.61. The van der Waals surface area contributed by atoms with Crippen LogP contribution >= 0.6 is 0 Å². The van der Waals surface area contributed by atoms with Gasteiger partial charge in [0.25, 0.3) is 0 Å². The van der Waals surface area contributed by atoms with E-state index in [4.69, 9.17) is 15.6 Å². The summed E-state index contributed by atoms with van der Waals surface area (Å²) in [4.78, 5) is 25.5. The molecule has 10 nitrogen and oxygen atoms in total. The van der Waals surface area contributed by atoms with E-state index in [2.05, 4.69) is 15.0 Å². The Morgan fingerprint density at radius 2 is 1.92 bits per heavy atom. The SMILES string of the molecule is Cc1ccc(C(=O)OCc2nc(N)nc(N(C)C)n2)cc1S(N)(=O)=O. The standard InChI is InChI=1S/C14H18N6O4S/c1-8-4-5-9(6-10(8)25(16,22)23)12(21)24-7-11-17-13(15)19-14(18-11)20(2)3/h4-6H,7H2,1-3H3,(H2,16,22,23)(H2,15,17,18,19). The molecule has 2 rings (SSSR count). The lowest BCUT2D eigenvalue weighted by atomic mass is 10.1. The van der Waals surface area contributed by atoms with Gasteiger partial charge in [-0.05, 0) is 24.6 Å². The molecule has 134 valence electrons. The molecule has 0 spiro atoms. The minimum atomic E-state index is -3.94. The van der Waals surface area contributed by atoms with E-state index in [0.717, 1.165) is 0 Å². The van der Waals surface area contributed by atoms with Crippen molar-refractivity contribution in [2.24, 2.45) is 5.14 Å². The van der Waals surface area contributed by atoms with Crippen molar-refractivity contribution in [3.63, 3.8) is 0 Å². The van der Waals surface area contributed by atoms with Crippen LogP contribution < -0.4 is 15.8 Å². The van der Waals surface area contributed by atoms with E-state index in [9.17, 15) is 13.2 Å². The van der Waals surface area contributed by atoms with E-state index in [1.54, 1.807) is 25.9 Å². The normalized spacial score (nSPS) is 11.2. The summed E-state index contributed by atoms with van der Waals surface area (Å²) < 4.78 is 28.2. The molecule has 0 aliphatic carbocycles. The molecular formula is C14H18N6O4S. The molecule has 0 saturated carbocycles. The zero-order chi connectivity index (χ0) is 18.8. The summed E-state index contributed by atoms with van der Waals surface area (Å²) in [6.07, 6.45) is 0. The van der Waals surface area contributed by atoms with E-state index in [1.165, 1.54) is 18.2 Å². The quantitative estimate of drug-likeness (QED) is 0.686. The molecule has 0 fully saturated rings. The van der Waals surface area contributed by atoms with Gasteiger partial charge in [0.05, 0.1) is 10.5 Å². The van der Waals surface area contributed by atoms with Crippen LogP contribution in [0.3, 0.4) is 0 Å². The van der Waals surface area contributed by atoms with E-state index >= 15 is 0 Å². The molecule has 11 heteroatoms. The molecule has 1 heterocycles. The minimum absolute atomic E-state index is 0.00315. The smallest absolute Gasteiger partial charge is 0.338 e. The molecule has 0 aliphatic heterocycles. The monoisotopic (exact) mass is 366 g/mol. The highest BCUT2D eigenvalue weighted by atomic mass is 32.2. The summed E-state index contributed by atoms with van der Waals surface area (Å²) in [5.41, 5.74) is 6.07. The molecule has 0 aliphatic rings. The lowest BCUT2D eigenvalue weighted by Gasteiger charge is -2.11. The Bertz CT molecular complexity index is 914. The van der Waals surface area contributed by atoms with Crippen molar-refractivity contribution < 1.29 is 17.9 Å². The Morgan fingerprint density at radius 1 is 1.24 bits per heavy atom. The summed E-state index contributed by atoms with van der Waals surface area (Å²) in [5.74, 6) is -0.249. The Hall–Kier alpha value is -2.79. The second kappa shape index (κ2) is 6.99. The highest BCUT2D eigenvalue weighted by Gasteiger charge is 2.17. The van der Waals surface area contributed by atoms with Crippen LogP contribution in [-0.2, 0) is 21.4 Å². The van der Waals surface area contributed by atoms with Gasteiger partial charge < -0.3 is 15.4 Å². The number of carbonyl (C=O) groups is 1. The first kappa shape index (κ1) is 18.5. The minimum Gasteiger partial charge on any atom is -0.454 e. The average molecular weight is 366 g/mol. The number of hydrogen-bond donors (Lipinski definition) is 2. The molecule has 0 saturated heterocycles. The fraction of sp³-hybridized carbons (Fsp3) is 0.286. The zero-order valence-corrected chi connectivity index (χ0v) is 14.7. The van der Waals surface area contributed by atoms with Crippen molar-refractivity contribution >= 4 is 27.9 Å². The van der Waals surface area contributed by atoms with Crippen molar-refractivity contribution in [2.45, 2.75) is 18.4 Å². The number of ether oxygens (including phenoxy) is 1. The van der Waals surface area contributed by atoms with Crippen LogP contribution in [0.2, 0.25) is 0 Å². The van der Waals surface area contributed by atoms with Gasteiger partial charge >= 0.3 is 5.97 Å². The molecule has 1 aromatic carbocycles. The number of benzene rings is 1. The van der Waals surface area contributed by atoms with Gasteiger partial charge in [0, 0.05) is 14.1 Å². The molecular weight excluding hydrogens is 348 g/mol. The molecule has 1 aromatic heterocycles. The second-order valence-corrected chi connectivity index (χ2v) is 6.94. The summed E-state index contributed by atoms with van der Waals surface area (Å²) in [5, 5.41) is 5.13. The average Bonchev–Trinajstić information content (AvgIpc) is 2.51. The van der Waals surface area contributed by atoms with Crippen LogP contribution in [0.5, 0.6) is 0 Å². The number of primary sulfonamides is 1. The van der Waals surface area contributed by atoms with Crippen LogP contribution in [0, 0.1) is 6.92 Å². The third-order valence-corrected chi connectivity index (χ3v) is 4.20. The van der Waals surface area contributed by atoms with Gasteiger partial charge in [-0.1, -0.05) is 6.07 Å². The van der Waals surface area contributed by atoms with Gasteiger partial charge in [-0.3, -0.25) is 0 Å². The topological polar surface area (TPSA) is 154 Å². The Labute approximate surface area is 144 Å². The van der Waals surface area contributed by atoms with E-state index in [0.29, 0.717) is 11.5 Å². The van der Waals surface area contributed by atoms with Crippen LogP contribution in [-0.4, -0.2) is 43.4 Å². The summed E-state index contributed by atoms with van der Waals surface area (Å²) in [7, 11) is -0.485. The summed E-state index contributed by atoms with van der Waals surface area (Å²) in [6.45, 7) is 1.33. The molecule has 0 radical (unpaired) electrons. The Kier molecular flexibility index (Phi) is 5.18. The maximum absolute atomic E-state index is 12.1. The van der Waals surface area contributed by atoms with E-state index < -0.39 is 16.0 Å². The molecule has 0 unspecified atom stereocenters. The number of nitrogens with two attached hydrogens (primary N) is 2. The lowest BCUT2D eigenvalue weighted by molar-refractivity contribution is 0.0462. The predicted octanol–water partition coefficient (Wildman–Crippen LogP) is -0.167. The van der Waals surface area contributed by atoms with Gasteiger partial charge in [0.15, 0.2) is 12.4 Å². The summed E-state index contributed by atoms with van der Waals surface area (Å²) in [6, 6.07) is 4.08. The molecule has 0 atom stereocenters. The second-order valence-electron chi connectivity index (χ2n) is 5.41.